The van der Waals surface area contributed by atoms with Crippen LogP contribution in [0.3, 0.4) is 0 Å². The Morgan fingerprint density at radius 2 is 1.75 bits per heavy atom. The summed E-state index contributed by atoms with van der Waals surface area (Å²) in [5.74, 6) is 0.819. The molecule has 3 nitrogen and oxygen atoms in total. The lowest BCUT2D eigenvalue weighted by Crippen LogP contribution is -2.01. The summed E-state index contributed by atoms with van der Waals surface area (Å²) in [6, 6.07) is 16.5. The first-order valence-corrected chi connectivity index (χ1v) is 6.67. The predicted octanol–water partition coefficient (Wildman–Crippen LogP) is 4.23. The summed E-state index contributed by atoms with van der Waals surface area (Å²) in [5.41, 5.74) is 4.71. The average Bonchev–Trinajstić information content (AvgIpc) is 2.92. The first-order valence-electron chi connectivity index (χ1n) is 6.67. The lowest BCUT2D eigenvalue weighted by Gasteiger charge is -2.11. The number of rotatable bonds is 3. The molecule has 0 saturated heterocycles. The number of aromatic nitrogens is 2. The quantitative estimate of drug-likeness (QED) is 0.766. The molecule has 100 valence electrons. The van der Waals surface area contributed by atoms with Gasteiger partial charge in [-0.3, -0.25) is 4.57 Å². The number of imidazole rings is 1. The highest BCUT2D eigenvalue weighted by Gasteiger charge is 2.05. The van der Waals surface area contributed by atoms with Gasteiger partial charge in [0.1, 0.15) is 0 Å². The molecule has 0 fully saturated rings. The Morgan fingerprint density at radius 1 is 0.950 bits per heavy atom. The van der Waals surface area contributed by atoms with E-state index in [1.807, 2.05) is 29.0 Å². The SMILES string of the molecule is Cc1ccc(Nc2nccn2-c2ccccc2)cc1C. The molecule has 0 unspecified atom stereocenters. The third-order valence-corrected chi connectivity index (χ3v) is 3.44. The van der Waals surface area contributed by atoms with Gasteiger partial charge in [-0.2, -0.15) is 0 Å². The number of hydrogen-bond donors (Lipinski definition) is 1. The van der Waals surface area contributed by atoms with Crippen LogP contribution in [0.15, 0.2) is 60.9 Å². The van der Waals surface area contributed by atoms with Crippen LogP contribution in [0.5, 0.6) is 0 Å². The maximum absolute atomic E-state index is 4.39. The second-order valence-corrected chi connectivity index (χ2v) is 4.88. The van der Waals surface area contributed by atoms with Gasteiger partial charge in [-0.1, -0.05) is 24.3 Å². The smallest absolute Gasteiger partial charge is 0.212 e. The maximum Gasteiger partial charge on any atom is 0.212 e. The van der Waals surface area contributed by atoms with Crippen molar-refractivity contribution in [3.05, 3.63) is 72.1 Å². The Bertz CT molecular complexity index is 714. The lowest BCUT2D eigenvalue weighted by molar-refractivity contribution is 1.06. The van der Waals surface area contributed by atoms with Crippen molar-refractivity contribution in [3.63, 3.8) is 0 Å². The summed E-state index contributed by atoms with van der Waals surface area (Å²) >= 11 is 0. The Balaban J connectivity index is 1.92. The summed E-state index contributed by atoms with van der Waals surface area (Å²) < 4.78 is 2.04. The molecular formula is C17H17N3. The van der Waals surface area contributed by atoms with E-state index in [0.29, 0.717) is 0 Å². The van der Waals surface area contributed by atoms with E-state index in [2.05, 4.69) is 54.5 Å². The van der Waals surface area contributed by atoms with Crippen molar-refractivity contribution in [1.29, 1.82) is 0 Å². The summed E-state index contributed by atoms with van der Waals surface area (Å²) in [5, 5.41) is 3.37. The molecule has 3 aromatic rings. The minimum Gasteiger partial charge on any atom is -0.325 e. The van der Waals surface area contributed by atoms with E-state index in [-0.39, 0.29) is 0 Å². The zero-order valence-electron chi connectivity index (χ0n) is 11.7. The van der Waals surface area contributed by atoms with E-state index >= 15 is 0 Å². The largest absolute Gasteiger partial charge is 0.325 e. The number of hydrogen-bond acceptors (Lipinski definition) is 2. The molecule has 0 aliphatic heterocycles. The van der Waals surface area contributed by atoms with Gasteiger partial charge >= 0.3 is 0 Å². The van der Waals surface area contributed by atoms with E-state index in [4.69, 9.17) is 0 Å². The number of para-hydroxylation sites is 1. The summed E-state index contributed by atoms with van der Waals surface area (Å²) in [6.07, 6.45) is 3.76. The molecule has 0 aliphatic rings. The van der Waals surface area contributed by atoms with E-state index in [1.54, 1.807) is 6.20 Å². The second kappa shape index (κ2) is 5.21. The van der Waals surface area contributed by atoms with Gasteiger partial charge in [0.2, 0.25) is 5.95 Å². The molecule has 0 atom stereocenters. The molecule has 2 aromatic carbocycles. The minimum absolute atomic E-state index is 0.819. The molecule has 3 heteroatoms. The summed E-state index contributed by atoms with van der Waals surface area (Å²) in [6.45, 7) is 4.23. The molecule has 0 saturated carbocycles. The molecular weight excluding hydrogens is 246 g/mol. The average molecular weight is 263 g/mol. The predicted molar refractivity (Wildman–Crippen MR) is 82.8 cm³/mol. The fourth-order valence-electron chi connectivity index (χ4n) is 2.14. The van der Waals surface area contributed by atoms with Gasteiger partial charge in [0.25, 0.3) is 0 Å². The third-order valence-electron chi connectivity index (χ3n) is 3.44. The monoisotopic (exact) mass is 263 g/mol. The van der Waals surface area contributed by atoms with Crippen LogP contribution in [0.2, 0.25) is 0 Å². The first kappa shape index (κ1) is 12.5. The van der Waals surface area contributed by atoms with Crippen LogP contribution in [-0.2, 0) is 0 Å². The highest BCUT2D eigenvalue weighted by atomic mass is 15.2. The van der Waals surface area contributed by atoms with Crippen LogP contribution in [0.1, 0.15) is 11.1 Å². The zero-order valence-corrected chi connectivity index (χ0v) is 11.7. The summed E-state index contributed by atoms with van der Waals surface area (Å²) in [4.78, 5) is 4.39. The summed E-state index contributed by atoms with van der Waals surface area (Å²) in [7, 11) is 0. The zero-order chi connectivity index (χ0) is 13.9. The van der Waals surface area contributed by atoms with Gasteiger partial charge < -0.3 is 5.32 Å². The van der Waals surface area contributed by atoms with E-state index in [0.717, 1.165) is 17.3 Å². The van der Waals surface area contributed by atoms with Crippen molar-refractivity contribution in [1.82, 2.24) is 9.55 Å². The van der Waals surface area contributed by atoms with Gasteiger partial charge in [0.05, 0.1) is 0 Å². The first-order chi connectivity index (χ1) is 9.74. The van der Waals surface area contributed by atoms with E-state index in [1.165, 1.54) is 11.1 Å². The van der Waals surface area contributed by atoms with Crippen molar-refractivity contribution < 1.29 is 0 Å². The van der Waals surface area contributed by atoms with Crippen LogP contribution in [0.25, 0.3) is 5.69 Å². The Hall–Kier alpha value is -2.55. The highest BCUT2D eigenvalue weighted by molar-refractivity contribution is 5.57. The van der Waals surface area contributed by atoms with Crippen molar-refractivity contribution >= 4 is 11.6 Å². The molecule has 0 amide bonds. The Kier molecular flexibility index (Phi) is 3.25. The molecule has 3 rings (SSSR count). The maximum atomic E-state index is 4.39. The number of aryl methyl sites for hydroxylation is 2. The molecule has 0 bridgehead atoms. The molecule has 1 heterocycles. The molecule has 20 heavy (non-hydrogen) atoms. The Labute approximate surface area is 118 Å². The third kappa shape index (κ3) is 2.43. The lowest BCUT2D eigenvalue weighted by atomic mass is 10.1. The normalized spacial score (nSPS) is 10.5. The van der Waals surface area contributed by atoms with Crippen LogP contribution in [0, 0.1) is 13.8 Å². The number of nitrogens with zero attached hydrogens (tertiary/aromatic N) is 2. The van der Waals surface area contributed by atoms with Crippen LogP contribution >= 0.6 is 0 Å². The van der Waals surface area contributed by atoms with Gasteiger partial charge in [-0.15, -0.1) is 0 Å². The van der Waals surface area contributed by atoms with Gasteiger partial charge in [-0.05, 0) is 49.2 Å². The van der Waals surface area contributed by atoms with Crippen LogP contribution < -0.4 is 5.32 Å². The standard InChI is InChI=1S/C17H17N3/c1-13-8-9-15(12-14(13)2)19-17-18-10-11-20(17)16-6-4-3-5-7-16/h3-12H,1-2H3,(H,18,19). The topological polar surface area (TPSA) is 29.9 Å². The number of benzene rings is 2. The fraction of sp³-hybridized carbons (Fsp3) is 0.118. The van der Waals surface area contributed by atoms with Crippen molar-refractivity contribution in [3.8, 4) is 5.69 Å². The van der Waals surface area contributed by atoms with Crippen LogP contribution in [0.4, 0.5) is 11.6 Å². The molecule has 1 N–H and O–H groups in total. The van der Waals surface area contributed by atoms with Gasteiger partial charge in [0, 0.05) is 23.8 Å². The number of anilines is 2. The van der Waals surface area contributed by atoms with E-state index in [9.17, 15) is 0 Å². The second-order valence-electron chi connectivity index (χ2n) is 4.88. The molecule has 0 aliphatic carbocycles. The minimum atomic E-state index is 0.819. The molecule has 0 spiro atoms. The highest BCUT2D eigenvalue weighted by Crippen LogP contribution is 2.21. The number of nitrogens with one attached hydrogen (secondary N) is 1. The van der Waals surface area contributed by atoms with Gasteiger partial charge in [0.15, 0.2) is 0 Å². The van der Waals surface area contributed by atoms with Gasteiger partial charge in [-0.25, -0.2) is 4.98 Å². The molecule has 1 aromatic heterocycles. The Morgan fingerprint density at radius 3 is 2.50 bits per heavy atom. The molecule has 0 radical (unpaired) electrons. The van der Waals surface area contributed by atoms with E-state index < -0.39 is 0 Å². The van der Waals surface area contributed by atoms with Crippen LogP contribution in [-0.4, -0.2) is 9.55 Å². The van der Waals surface area contributed by atoms with Crippen molar-refractivity contribution in [2.24, 2.45) is 0 Å². The van der Waals surface area contributed by atoms with Crippen molar-refractivity contribution in [2.75, 3.05) is 5.32 Å². The van der Waals surface area contributed by atoms with Crippen molar-refractivity contribution in [2.45, 2.75) is 13.8 Å². The fourth-order valence-corrected chi connectivity index (χ4v) is 2.14.